The predicted molar refractivity (Wildman–Crippen MR) is 182 cm³/mol. The number of aryl methyl sites for hydroxylation is 1. The SMILES string of the molecule is CCC(C)C(Nc1ccc2c(cc1=O)C(NC(C)=O)CCc1cc(OC)c(OC)c(OC)c1-2)C(=O)NC1CC(C)(C)NC(C)(C)C1. The second-order valence-electron chi connectivity index (χ2n) is 14.1. The van der Waals surface area contributed by atoms with Gasteiger partial charge in [0.2, 0.25) is 23.0 Å². The Kier molecular flexibility index (Phi) is 10.6. The highest BCUT2D eigenvalue weighted by Crippen LogP contribution is 2.50. The average molecular weight is 637 g/mol. The van der Waals surface area contributed by atoms with Gasteiger partial charge in [-0.1, -0.05) is 26.3 Å². The zero-order valence-corrected chi connectivity index (χ0v) is 29.1. The highest BCUT2D eigenvalue weighted by atomic mass is 16.5. The van der Waals surface area contributed by atoms with Crippen LogP contribution >= 0.6 is 0 Å². The van der Waals surface area contributed by atoms with Gasteiger partial charge >= 0.3 is 0 Å². The molecule has 2 aromatic carbocycles. The molecule has 0 spiro atoms. The van der Waals surface area contributed by atoms with Crippen molar-refractivity contribution in [3.05, 3.63) is 45.6 Å². The molecule has 4 rings (SSSR count). The molecule has 1 heterocycles. The van der Waals surface area contributed by atoms with Gasteiger partial charge in [-0.3, -0.25) is 14.4 Å². The van der Waals surface area contributed by atoms with Gasteiger partial charge in [-0.15, -0.1) is 0 Å². The van der Waals surface area contributed by atoms with Gasteiger partial charge in [0, 0.05) is 29.6 Å². The van der Waals surface area contributed by atoms with Crippen molar-refractivity contribution in [1.82, 2.24) is 16.0 Å². The Balaban J connectivity index is 1.80. The average Bonchev–Trinajstić information content (AvgIpc) is 3.20. The lowest BCUT2D eigenvalue weighted by Gasteiger charge is -2.47. The van der Waals surface area contributed by atoms with Crippen molar-refractivity contribution < 1.29 is 23.8 Å². The number of carbonyl (C=O) groups is 2. The van der Waals surface area contributed by atoms with Crippen LogP contribution in [0.15, 0.2) is 29.1 Å². The van der Waals surface area contributed by atoms with Crippen molar-refractivity contribution in [3.63, 3.8) is 0 Å². The molecule has 252 valence electrons. The molecule has 0 aromatic heterocycles. The fourth-order valence-corrected chi connectivity index (χ4v) is 7.41. The number of fused-ring (bicyclic) bond motifs is 3. The zero-order valence-electron chi connectivity index (χ0n) is 29.1. The van der Waals surface area contributed by atoms with Crippen molar-refractivity contribution in [1.29, 1.82) is 0 Å². The summed E-state index contributed by atoms with van der Waals surface area (Å²) in [4.78, 5) is 40.2. The number of hydrogen-bond acceptors (Lipinski definition) is 8. The first kappa shape index (κ1) is 35.1. The Bertz CT molecular complexity index is 1510. The third kappa shape index (κ3) is 7.60. The highest BCUT2D eigenvalue weighted by molar-refractivity contribution is 5.86. The number of rotatable bonds is 10. The van der Waals surface area contributed by atoms with Crippen LogP contribution in [0.3, 0.4) is 0 Å². The normalized spacial score (nSPS) is 19.7. The van der Waals surface area contributed by atoms with Gasteiger partial charge in [0.25, 0.3) is 0 Å². The number of nitrogens with one attached hydrogen (secondary N) is 4. The van der Waals surface area contributed by atoms with E-state index in [9.17, 15) is 14.4 Å². The van der Waals surface area contributed by atoms with Crippen molar-refractivity contribution in [3.8, 4) is 28.4 Å². The number of ether oxygens (including phenoxy) is 3. The molecule has 1 saturated heterocycles. The van der Waals surface area contributed by atoms with Crippen LogP contribution in [0.1, 0.15) is 91.3 Å². The molecular weight excluding hydrogens is 584 g/mol. The number of piperidine rings is 1. The second kappa shape index (κ2) is 13.9. The van der Waals surface area contributed by atoms with Crippen molar-refractivity contribution >= 4 is 17.5 Å². The molecule has 4 N–H and O–H groups in total. The maximum Gasteiger partial charge on any atom is 0.242 e. The Morgan fingerprint density at radius 3 is 2.20 bits per heavy atom. The molecule has 1 fully saturated rings. The van der Waals surface area contributed by atoms with Crippen molar-refractivity contribution in [2.45, 2.75) is 110 Å². The molecule has 0 bridgehead atoms. The zero-order chi connectivity index (χ0) is 34.0. The van der Waals surface area contributed by atoms with E-state index in [1.807, 2.05) is 26.0 Å². The summed E-state index contributed by atoms with van der Waals surface area (Å²) in [6.45, 7) is 14.1. The van der Waals surface area contributed by atoms with E-state index < -0.39 is 12.1 Å². The number of benzene rings is 1. The fraction of sp³-hybridized carbons (Fsp3) is 0.583. The van der Waals surface area contributed by atoms with Crippen LogP contribution in [0.25, 0.3) is 11.1 Å². The van der Waals surface area contributed by atoms with Crippen molar-refractivity contribution in [2.75, 3.05) is 26.6 Å². The Morgan fingerprint density at radius 2 is 1.63 bits per heavy atom. The summed E-state index contributed by atoms with van der Waals surface area (Å²) >= 11 is 0. The molecule has 2 aromatic rings. The van der Waals surface area contributed by atoms with Gasteiger partial charge in [0.15, 0.2) is 11.5 Å². The summed E-state index contributed by atoms with van der Waals surface area (Å²) in [5.41, 5.74) is 2.91. The summed E-state index contributed by atoms with van der Waals surface area (Å²) in [6, 6.07) is 6.05. The monoisotopic (exact) mass is 636 g/mol. The van der Waals surface area contributed by atoms with E-state index in [2.05, 4.69) is 49.0 Å². The standard InChI is InChI=1S/C36H52N4O6/c1-11-20(2)31(34(43)38-23-18-35(4,5)40-36(6,7)19-23)39-27-15-13-24-25(17-28(27)42)26(37-21(3)41)14-12-22-16-29(44-8)32(45-9)33(46-10)30(22)24/h13,15-17,20,23,26,31,40H,11-12,14,18-19H2,1-10H3,(H,37,41)(H,38,43)(H,39,42). The summed E-state index contributed by atoms with van der Waals surface area (Å²) in [5.74, 6) is 1.10. The van der Waals surface area contributed by atoms with Crippen LogP contribution in [0.2, 0.25) is 0 Å². The first-order valence-electron chi connectivity index (χ1n) is 16.3. The minimum atomic E-state index is -0.627. The summed E-state index contributed by atoms with van der Waals surface area (Å²) in [7, 11) is 4.70. The lowest BCUT2D eigenvalue weighted by Crippen LogP contribution is -2.63. The van der Waals surface area contributed by atoms with Crippen LogP contribution in [-0.2, 0) is 16.0 Å². The Hall–Kier alpha value is -3.79. The number of methoxy groups -OCH3 is 3. The molecule has 3 atom stereocenters. The highest BCUT2D eigenvalue weighted by Gasteiger charge is 2.39. The first-order chi connectivity index (χ1) is 21.6. The topological polar surface area (TPSA) is 127 Å². The largest absolute Gasteiger partial charge is 0.493 e. The van der Waals surface area contributed by atoms with Gasteiger partial charge in [-0.25, -0.2) is 0 Å². The van der Waals surface area contributed by atoms with E-state index in [1.54, 1.807) is 33.5 Å². The van der Waals surface area contributed by atoms with Gasteiger partial charge in [-0.2, -0.15) is 0 Å². The Morgan fingerprint density at radius 1 is 0.978 bits per heavy atom. The predicted octanol–water partition coefficient (Wildman–Crippen LogP) is 5.12. The molecule has 1 aliphatic carbocycles. The number of carbonyl (C=O) groups excluding carboxylic acids is 2. The lowest BCUT2D eigenvalue weighted by molar-refractivity contribution is -0.124. The third-order valence-electron chi connectivity index (χ3n) is 9.26. The molecule has 10 heteroatoms. The molecule has 46 heavy (non-hydrogen) atoms. The molecular formula is C36H52N4O6. The van der Waals surface area contributed by atoms with Gasteiger partial charge < -0.3 is 35.5 Å². The van der Waals surface area contributed by atoms with Crippen LogP contribution in [0, 0.1) is 5.92 Å². The fourth-order valence-electron chi connectivity index (χ4n) is 7.41. The quantitative estimate of drug-likeness (QED) is 0.283. The number of hydrogen-bond donors (Lipinski definition) is 4. The molecule has 3 unspecified atom stereocenters. The van der Waals surface area contributed by atoms with E-state index in [0.717, 1.165) is 36.0 Å². The molecule has 0 radical (unpaired) electrons. The van der Waals surface area contributed by atoms with E-state index in [1.165, 1.54) is 6.92 Å². The summed E-state index contributed by atoms with van der Waals surface area (Å²) < 4.78 is 17.2. The summed E-state index contributed by atoms with van der Waals surface area (Å²) in [5, 5.41) is 13.3. The van der Waals surface area contributed by atoms with Crippen molar-refractivity contribution in [2.24, 2.45) is 5.92 Å². The molecule has 1 aliphatic heterocycles. The maximum absolute atomic E-state index is 14.0. The first-order valence-corrected chi connectivity index (χ1v) is 16.3. The maximum atomic E-state index is 14.0. The van der Waals surface area contributed by atoms with Crippen LogP contribution in [0.5, 0.6) is 17.2 Å². The lowest BCUT2D eigenvalue weighted by atomic mass is 9.79. The Labute approximate surface area is 273 Å². The van der Waals surface area contributed by atoms with Gasteiger partial charge in [0.05, 0.1) is 33.1 Å². The van der Waals surface area contributed by atoms with Crippen LogP contribution in [0.4, 0.5) is 5.69 Å². The van der Waals surface area contributed by atoms with E-state index in [0.29, 0.717) is 41.3 Å². The summed E-state index contributed by atoms with van der Waals surface area (Å²) in [6.07, 6.45) is 3.51. The van der Waals surface area contributed by atoms with Gasteiger partial charge in [0.1, 0.15) is 6.04 Å². The molecule has 2 aliphatic rings. The minimum absolute atomic E-state index is 0.00359. The molecule has 10 nitrogen and oxygen atoms in total. The molecule has 2 amide bonds. The number of anilines is 1. The third-order valence-corrected chi connectivity index (χ3v) is 9.26. The van der Waals surface area contributed by atoms with Crippen LogP contribution in [-0.4, -0.2) is 56.3 Å². The van der Waals surface area contributed by atoms with E-state index in [-0.39, 0.29) is 40.3 Å². The van der Waals surface area contributed by atoms with E-state index >= 15 is 0 Å². The van der Waals surface area contributed by atoms with Gasteiger partial charge in [-0.05, 0) is 94.2 Å². The second-order valence-corrected chi connectivity index (χ2v) is 14.1. The smallest absolute Gasteiger partial charge is 0.242 e. The van der Waals surface area contributed by atoms with Crippen LogP contribution < -0.4 is 40.9 Å². The minimum Gasteiger partial charge on any atom is -0.493 e. The number of amides is 2. The van der Waals surface area contributed by atoms with E-state index in [4.69, 9.17) is 14.2 Å². The molecule has 0 saturated carbocycles.